The Kier molecular flexibility index (Phi) is 4.00. The van der Waals surface area contributed by atoms with Crippen LogP contribution in [0.2, 0.25) is 0 Å². The fourth-order valence-corrected chi connectivity index (χ4v) is 2.51. The molecule has 104 valence electrons. The number of hydrogen-bond acceptors (Lipinski definition) is 3. The predicted octanol–water partition coefficient (Wildman–Crippen LogP) is 2.62. The van der Waals surface area contributed by atoms with Crippen LogP contribution < -0.4 is 15.2 Å². The van der Waals surface area contributed by atoms with E-state index in [1.807, 2.05) is 6.07 Å². The van der Waals surface area contributed by atoms with Crippen LogP contribution in [0.4, 0.5) is 0 Å². The summed E-state index contributed by atoms with van der Waals surface area (Å²) in [5.41, 5.74) is 9.29. The number of hydrogen-bond donors (Lipinski definition) is 1. The van der Waals surface area contributed by atoms with Gasteiger partial charge in [-0.2, -0.15) is 0 Å². The van der Waals surface area contributed by atoms with Gasteiger partial charge < -0.3 is 19.8 Å². The largest absolute Gasteiger partial charge is 0.497 e. The van der Waals surface area contributed by atoms with E-state index < -0.39 is 0 Å². The maximum atomic E-state index is 5.63. The third-order valence-electron chi connectivity index (χ3n) is 3.71. The van der Waals surface area contributed by atoms with Crippen LogP contribution in [-0.2, 0) is 6.54 Å². The van der Waals surface area contributed by atoms with Crippen LogP contribution in [0.1, 0.15) is 17.7 Å². The van der Waals surface area contributed by atoms with Crippen molar-refractivity contribution in [3.63, 3.8) is 0 Å². The van der Waals surface area contributed by atoms with Crippen molar-refractivity contribution in [2.24, 2.45) is 5.73 Å². The van der Waals surface area contributed by atoms with Crippen molar-refractivity contribution in [1.29, 1.82) is 0 Å². The minimum atomic E-state index is 0.691. The van der Waals surface area contributed by atoms with Crippen molar-refractivity contribution in [2.45, 2.75) is 26.8 Å². The summed E-state index contributed by atoms with van der Waals surface area (Å²) in [6, 6.07) is 4.00. The second kappa shape index (κ2) is 5.53. The highest BCUT2D eigenvalue weighted by molar-refractivity contribution is 5.91. The minimum absolute atomic E-state index is 0.691. The number of nitrogens with zero attached hydrogens (tertiary/aromatic N) is 1. The van der Waals surface area contributed by atoms with Gasteiger partial charge in [-0.3, -0.25) is 0 Å². The van der Waals surface area contributed by atoms with E-state index in [4.69, 9.17) is 15.2 Å². The summed E-state index contributed by atoms with van der Waals surface area (Å²) >= 11 is 0. The molecule has 0 fully saturated rings. The highest BCUT2D eigenvalue weighted by Crippen LogP contribution is 2.36. The molecule has 0 unspecified atom stereocenters. The van der Waals surface area contributed by atoms with Gasteiger partial charge >= 0.3 is 0 Å². The standard InChI is InChI=1S/C15H22N2O2/c1-10-11(2)17(7-5-6-16)15-13(10)8-12(18-3)9-14(15)19-4/h8-9H,5-7,16H2,1-4H3. The summed E-state index contributed by atoms with van der Waals surface area (Å²) in [6.45, 7) is 5.87. The Morgan fingerprint density at radius 1 is 1.16 bits per heavy atom. The lowest BCUT2D eigenvalue weighted by molar-refractivity contribution is 0.396. The molecule has 0 saturated heterocycles. The van der Waals surface area contributed by atoms with Crippen LogP contribution in [0.15, 0.2) is 12.1 Å². The first kappa shape index (κ1) is 13.7. The molecule has 1 aromatic carbocycles. The van der Waals surface area contributed by atoms with Crippen LogP contribution in [-0.4, -0.2) is 25.3 Å². The molecule has 0 amide bonds. The Hall–Kier alpha value is -1.68. The van der Waals surface area contributed by atoms with E-state index in [1.165, 1.54) is 16.6 Å². The Bertz CT molecular complexity index is 588. The molecule has 1 aromatic heterocycles. The molecule has 0 aliphatic heterocycles. The number of fused-ring (bicyclic) bond motifs is 1. The molecular formula is C15H22N2O2. The molecule has 2 aromatic rings. The maximum absolute atomic E-state index is 5.63. The molecule has 19 heavy (non-hydrogen) atoms. The van der Waals surface area contributed by atoms with Crippen molar-refractivity contribution in [2.75, 3.05) is 20.8 Å². The van der Waals surface area contributed by atoms with E-state index >= 15 is 0 Å². The molecule has 0 aliphatic carbocycles. The van der Waals surface area contributed by atoms with E-state index in [0.717, 1.165) is 30.0 Å². The second-order valence-corrected chi connectivity index (χ2v) is 4.73. The average molecular weight is 262 g/mol. The quantitative estimate of drug-likeness (QED) is 0.901. The number of aryl methyl sites for hydroxylation is 2. The first-order chi connectivity index (χ1) is 9.13. The number of nitrogens with two attached hydrogens (primary N) is 1. The first-order valence-electron chi connectivity index (χ1n) is 6.55. The number of benzene rings is 1. The SMILES string of the molecule is COc1cc(OC)c2c(c1)c(C)c(C)n2CCCN. The zero-order valence-electron chi connectivity index (χ0n) is 12.1. The van der Waals surface area contributed by atoms with Gasteiger partial charge in [0, 0.05) is 23.7 Å². The molecule has 0 atom stereocenters. The third-order valence-corrected chi connectivity index (χ3v) is 3.71. The lowest BCUT2D eigenvalue weighted by Crippen LogP contribution is -2.07. The molecule has 4 heteroatoms. The normalized spacial score (nSPS) is 11.0. The molecular weight excluding hydrogens is 240 g/mol. The number of rotatable bonds is 5. The minimum Gasteiger partial charge on any atom is -0.497 e. The summed E-state index contributed by atoms with van der Waals surface area (Å²) in [7, 11) is 3.37. The van der Waals surface area contributed by atoms with Crippen molar-refractivity contribution in [3.05, 3.63) is 23.4 Å². The summed E-state index contributed by atoms with van der Waals surface area (Å²) in [5.74, 6) is 1.67. The van der Waals surface area contributed by atoms with Crippen LogP contribution in [0.25, 0.3) is 10.9 Å². The monoisotopic (exact) mass is 262 g/mol. The van der Waals surface area contributed by atoms with Gasteiger partial charge in [0.1, 0.15) is 11.5 Å². The molecule has 0 spiro atoms. The topological polar surface area (TPSA) is 49.4 Å². The van der Waals surface area contributed by atoms with E-state index in [-0.39, 0.29) is 0 Å². The van der Waals surface area contributed by atoms with Gasteiger partial charge in [-0.05, 0) is 38.4 Å². The van der Waals surface area contributed by atoms with E-state index in [0.29, 0.717) is 6.54 Å². The first-order valence-corrected chi connectivity index (χ1v) is 6.55. The van der Waals surface area contributed by atoms with Crippen molar-refractivity contribution < 1.29 is 9.47 Å². The van der Waals surface area contributed by atoms with Crippen molar-refractivity contribution >= 4 is 10.9 Å². The zero-order chi connectivity index (χ0) is 14.0. The molecule has 0 aliphatic rings. The average Bonchev–Trinajstić information content (AvgIpc) is 2.68. The van der Waals surface area contributed by atoms with E-state index in [9.17, 15) is 0 Å². The van der Waals surface area contributed by atoms with Gasteiger partial charge in [0.15, 0.2) is 0 Å². The molecule has 2 N–H and O–H groups in total. The van der Waals surface area contributed by atoms with Crippen LogP contribution in [0.5, 0.6) is 11.5 Å². The second-order valence-electron chi connectivity index (χ2n) is 4.73. The van der Waals surface area contributed by atoms with Gasteiger partial charge in [0.05, 0.1) is 19.7 Å². The molecule has 0 bridgehead atoms. The number of methoxy groups -OCH3 is 2. The fraction of sp³-hybridized carbons (Fsp3) is 0.467. The van der Waals surface area contributed by atoms with Gasteiger partial charge in [0.2, 0.25) is 0 Å². The van der Waals surface area contributed by atoms with Crippen molar-refractivity contribution in [1.82, 2.24) is 4.57 Å². The molecule has 0 radical (unpaired) electrons. The lowest BCUT2D eigenvalue weighted by atomic mass is 10.1. The molecule has 4 nitrogen and oxygen atoms in total. The lowest BCUT2D eigenvalue weighted by Gasteiger charge is -2.11. The van der Waals surface area contributed by atoms with Crippen molar-refractivity contribution in [3.8, 4) is 11.5 Å². The van der Waals surface area contributed by atoms with Crippen LogP contribution in [0, 0.1) is 13.8 Å². The van der Waals surface area contributed by atoms with Gasteiger partial charge in [0.25, 0.3) is 0 Å². The van der Waals surface area contributed by atoms with Gasteiger partial charge in [-0.15, -0.1) is 0 Å². The Morgan fingerprint density at radius 3 is 2.47 bits per heavy atom. The number of aromatic nitrogens is 1. The summed E-state index contributed by atoms with van der Waals surface area (Å²) < 4.78 is 13.2. The predicted molar refractivity (Wildman–Crippen MR) is 78.2 cm³/mol. The van der Waals surface area contributed by atoms with Crippen LogP contribution >= 0.6 is 0 Å². The highest BCUT2D eigenvalue weighted by atomic mass is 16.5. The Labute approximate surface area is 114 Å². The Morgan fingerprint density at radius 2 is 1.89 bits per heavy atom. The maximum Gasteiger partial charge on any atom is 0.146 e. The van der Waals surface area contributed by atoms with E-state index in [1.54, 1.807) is 14.2 Å². The summed E-state index contributed by atoms with van der Waals surface area (Å²) in [4.78, 5) is 0. The summed E-state index contributed by atoms with van der Waals surface area (Å²) in [5, 5.41) is 1.19. The van der Waals surface area contributed by atoms with Gasteiger partial charge in [-0.1, -0.05) is 0 Å². The Balaban J connectivity index is 2.71. The molecule has 0 saturated carbocycles. The zero-order valence-corrected chi connectivity index (χ0v) is 12.1. The van der Waals surface area contributed by atoms with E-state index in [2.05, 4.69) is 24.5 Å². The number of ether oxygens (including phenoxy) is 2. The highest BCUT2D eigenvalue weighted by Gasteiger charge is 2.16. The third kappa shape index (κ3) is 2.28. The fourth-order valence-electron chi connectivity index (χ4n) is 2.51. The molecule has 2 rings (SSSR count). The van der Waals surface area contributed by atoms with Crippen LogP contribution in [0.3, 0.4) is 0 Å². The molecule has 1 heterocycles. The van der Waals surface area contributed by atoms with Gasteiger partial charge in [-0.25, -0.2) is 0 Å². The summed E-state index contributed by atoms with van der Waals surface area (Å²) in [6.07, 6.45) is 0.958. The smallest absolute Gasteiger partial charge is 0.146 e.